The van der Waals surface area contributed by atoms with Crippen molar-refractivity contribution in [3.05, 3.63) is 251 Å². The first-order valence-corrected chi connectivity index (χ1v) is 37.4. The highest BCUT2D eigenvalue weighted by atomic mass is 32.1. The molecule has 11 aromatic carbocycles. The van der Waals surface area contributed by atoms with Crippen LogP contribution in [0.2, 0.25) is 0 Å². The van der Waals surface area contributed by atoms with Gasteiger partial charge in [0.1, 0.15) is 0 Å². The molecule has 498 valence electrons. The minimum atomic E-state index is -0.191. The molecule has 5 aliphatic rings. The number of hydrogen-bond acceptors (Lipinski definition) is 5. The predicted molar refractivity (Wildman–Crippen MR) is 437 cm³/mol. The molecule has 1 aromatic heterocycles. The van der Waals surface area contributed by atoms with Gasteiger partial charge in [0.05, 0.1) is 5.69 Å². The Hall–Kier alpha value is -9.03. The van der Waals surface area contributed by atoms with Gasteiger partial charge in [-0.15, -0.1) is 11.3 Å². The van der Waals surface area contributed by atoms with Crippen molar-refractivity contribution in [2.45, 2.75) is 176 Å². The number of hydrogen-bond donors (Lipinski definition) is 0. The molecule has 0 saturated heterocycles. The smallest absolute Gasteiger partial charge is 0.264 e. The van der Waals surface area contributed by atoms with Crippen LogP contribution in [0.1, 0.15) is 183 Å². The molecule has 17 rings (SSSR count). The Morgan fingerprint density at radius 2 is 0.670 bits per heavy atom. The monoisotopic (exact) mass is 1320 g/mol. The van der Waals surface area contributed by atoms with Gasteiger partial charge in [-0.3, -0.25) is 0 Å². The van der Waals surface area contributed by atoms with Crippen molar-refractivity contribution in [2.24, 2.45) is 0 Å². The fourth-order valence-corrected chi connectivity index (χ4v) is 18.6. The van der Waals surface area contributed by atoms with E-state index >= 15 is 0 Å². The van der Waals surface area contributed by atoms with E-state index < -0.39 is 0 Å². The molecule has 5 heterocycles. The van der Waals surface area contributed by atoms with Crippen molar-refractivity contribution < 1.29 is 0 Å². The average Bonchev–Trinajstić information content (AvgIpc) is 1.19. The van der Waals surface area contributed by atoms with Crippen molar-refractivity contribution in [3.8, 4) is 11.1 Å². The molecule has 1 aliphatic carbocycles. The van der Waals surface area contributed by atoms with Gasteiger partial charge in [0.25, 0.3) is 13.4 Å². The van der Waals surface area contributed by atoms with Gasteiger partial charge in [-0.05, 0) is 229 Å². The van der Waals surface area contributed by atoms with Gasteiger partial charge in [-0.2, -0.15) is 0 Å². The second kappa shape index (κ2) is 21.5. The Kier molecular flexibility index (Phi) is 13.8. The summed E-state index contributed by atoms with van der Waals surface area (Å²) in [4.78, 5) is 10.6. The van der Waals surface area contributed by atoms with E-state index in [0.29, 0.717) is 0 Å². The van der Waals surface area contributed by atoms with Crippen LogP contribution < -0.4 is 51.7 Å². The van der Waals surface area contributed by atoms with E-state index in [-0.39, 0.29) is 51.3 Å². The standard InChI is InChI=1S/C93H94B2N4S/c1-87(2,3)57-29-37-63(38-30-57)96-75-28-24-23-27-72(75)94-73-45-55-48-77-74(46-56(55)47-76(73)97(64-39-31-58(32-40-64)88(4,5)6)79-50-61(91(13,14)15)49-78(96)83(79)94)95-84-80(98(77)65-41-33-59(34-42-65)89(7,8)9)51-62(92(16,17)18)52-81(84)99(66-43-35-60(36-44-66)90(10,11)12)85-69-53-68-67-25-21-22-26-70(67)93(19,20)71(68)54-82(69)100-86(85)95/h21-54H,1-20H3. The van der Waals surface area contributed by atoms with Gasteiger partial charge in [0.15, 0.2) is 0 Å². The number of para-hydroxylation sites is 1. The van der Waals surface area contributed by atoms with Crippen molar-refractivity contribution in [3.63, 3.8) is 0 Å². The van der Waals surface area contributed by atoms with E-state index in [9.17, 15) is 0 Å². The normalized spacial score (nSPS) is 15.2. The van der Waals surface area contributed by atoms with Crippen molar-refractivity contribution in [1.29, 1.82) is 0 Å². The molecule has 0 amide bonds. The minimum absolute atomic E-state index is 0.0102. The Morgan fingerprint density at radius 3 is 1.11 bits per heavy atom. The molecule has 0 radical (unpaired) electrons. The van der Waals surface area contributed by atoms with Crippen LogP contribution in [-0.2, 0) is 37.9 Å². The summed E-state index contributed by atoms with van der Waals surface area (Å²) in [5.74, 6) is 0. The quantitative estimate of drug-likeness (QED) is 0.163. The van der Waals surface area contributed by atoms with E-state index in [2.05, 4.69) is 364 Å². The molecule has 4 nitrogen and oxygen atoms in total. The fraction of sp³-hybridized carbons (Fsp3) is 0.290. The maximum atomic E-state index is 2.69. The molecule has 0 fully saturated rings. The Labute approximate surface area is 599 Å². The van der Waals surface area contributed by atoms with E-state index in [0.717, 1.165) is 11.4 Å². The van der Waals surface area contributed by atoms with Gasteiger partial charge in [0, 0.05) is 82.8 Å². The van der Waals surface area contributed by atoms with Crippen molar-refractivity contribution in [2.75, 3.05) is 19.6 Å². The lowest BCUT2D eigenvalue weighted by Gasteiger charge is -2.45. The van der Waals surface area contributed by atoms with Gasteiger partial charge in [-0.25, -0.2) is 0 Å². The molecule has 0 saturated carbocycles. The van der Waals surface area contributed by atoms with Crippen molar-refractivity contribution >= 4 is 146 Å². The molecule has 7 heteroatoms. The van der Waals surface area contributed by atoms with E-state index in [1.807, 2.05) is 11.3 Å². The van der Waals surface area contributed by atoms with Crippen LogP contribution in [0.3, 0.4) is 0 Å². The highest BCUT2D eigenvalue weighted by molar-refractivity contribution is 7.33. The summed E-state index contributed by atoms with van der Waals surface area (Å²) in [6, 6.07) is 82.5. The second-order valence-corrected chi connectivity index (χ2v) is 37.4. The topological polar surface area (TPSA) is 13.0 Å². The lowest BCUT2D eigenvalue weighted by molar-refractivity contribution is 0.589. The summed E-state index contributed by atoms with van der Waals surface area (Å²) >= 11 is 2.02. The Bertz CT molecular complexity index is 5400. The first-order chi connectivity index (χ1) is 47.1. The molecule has 0 bridgehead atoms. The van der Waals surface area contributed by atoms with Gasteiger partial charge in [0.2, 0.25) is 0 Å². The lowest BCUT2D eigenvalue weighted by Crippen LogP contribution is -2.61. The average molecular weight is 1320 g/mol. The lowest BCUT2D eigenvalue weighted by atomic mass is 9.33. The third-order valence-corrected chi connectivity index (χ3v) is 24.3. The fourth-order valence-electron chi connectivity index (χ4n) is 17.3. The highest BCUT2D eigenvalue weighted by Crippen LogP contribution is 2.56. The molecule has 100 heavy (non-hydrogen) atoms. The van der Waals surface area contributed by atoms with Crippen LogP contribution in [0.15, 0.2) is 206 Å². The van der Waals surface area contributed by atoms with Crippen LogP contribution >= 0.6 is 11.3 Å². The van der Waals surface area contributed by atoms with Crippen LogP contribution in [-0.4, -0.2) is 13.4 Å². The summed E-state index contributed by atoms with van der Waals surface area (Å²) in [7, 11) is 0. The van der Waals surface area contributed by atoms with Crippen molar-refractivity contribution in [1.82, 2.24) is 0 Å². The van der Waals surface area contributed by atoms with Crippen LogP contribution in [0.4, 0.5) is 68.2 Å². The second-order valence-electron chi connectivity index (χ2n) is 36.4. The summed E-state index contributed by atoms with van der Waals surface area (Å²) in [6.07, 6.45) is 0. The summed E-state index contributed by atoms with van der Waals surface area (Å²) in [6.45, 7) is 46.9. The molecule has 0 N–H and O–H groups in total. The van der Waals surface area contributed by atoms with E-state index in [1.54, 1.807) is 0 Å². The molecule has 0 unspecified atom stereocenters. The SMILES string of the molecule is CC(C)(C)c1ccc(N2c3ccccc3B3c4cc5cc6c(cc5cc4N(c4ccc(C(C)(C)C)cc4)c4cc(C(C)(C)C)cc2c43)B2c3sc4cc5c(cc4c3N(c3ccc(C(C)(C)C)cc3)c3cc(C(C)(C)C)cc(c32)N6c2ccc(C(C)(C)C)cc2)-c2ccccc2C5(C)C)cc1. The third-order valence-electron chi connectivity index (χ3n) is 23.1. The zero-order chi connectivity index (χ0) is 70.2. The third kappa shape index (κ3) is 9.81. The first-order valence-electron chi connectivity index (χ1n) is 36.5. The van der Waals surface area contributed by atoms with Gasteiger partial charge in [-0.1, -0.05) is 242 Å². The summed E-state index contributed by atoms with van der Waals surface area (Å²) in [5, 5.41) is 3.77. The maximum Gasteiger partial charge on any atom is 0.264 e. The number of nitrogens with zero attached hydrogens (tertiary/aromatic N) is 4. The molecule has 0 spiro atoms. The maximum absolute atomic E-state index is 2.69. The predicted octanol–water partition coefficient (Wildman–Crippen LogP) is 22.3. The number of benzene rings is 11. The summed E-state index contributed by atoms with van der Waals surface area (Å²) < 4.78 is 2.72. The van der Waals surface area contributed by atoms with Gasteiger partial charge < -0.3 is 19.6 Å². The molecular weight excluding hydrogens is 1230 g/mol. The first kappa shape index (κ1) is 64.4. The summed E-state index contributed by atoms with van der Waals surface area (Å²) in [5.41, 5.74) is 34.1. The van der Waals surface area contributed by atoms with E-state index in [1.165, 1.54) is 165 Å². The zero-order valence-corrected chi connectivity index (χ0v) is 63.3. The molecular formula is C93H94B2N4S. The molecule has 4 aliphatic heterocycles. The molecule has 0 atom stereocenters. The number of rotatable bonds is 4. The Balaban J connectivity index is 0.979. The van der Waals surface area contributed by atoms with E-state index in [4.69, 9.17) is 0 Å². The minimum Gasteiger partial charge on any atom is -0.311 e. The number of fused-ring (bicyclic) bond motifs is 14. The number of thiophene rings is 1. The molecule has 12 aromatic rings. The van der Waals surface area contributed by atoms with Crippen LogP contribution in [0.25, 0.3) is 32.0 Å². The van der Waals surface area contributed by atoms with Crippen LogP contribution in [0.5, 0.6) is 0 Å². The van der Waals surface area contributed by atoms with Gasteiger partial charge >= 0.3 is 0 Å². The number of anilines is 12. The zero-order valence-electron chi connectivity index (χ0n) is 62.5. The Morgan fingerprint density at radius 1 is 0.300 bits per heavy atom. The van der Waals surface area contributed by atoms with Crippen LogP contribution in [0, 0.1) is 0 Å². The highest BCUT2D eigenvalue weighted by Gasteiger charge is 2.49. The largest absolute Gasteiger partial charge is 0.311 e.